The van der Waals surface area contributed by atoms with Crippen LogP contribution in [-0.4, -0.2) is 45.2 Å². The van der Waals surface area contributed by atoms with Crippen molar-refractivity contribution in [2.75, 3.05) is 34.9 Å². The van der Waals surface area contributed by atoms with Crippen molar-refractivity contribution in [3.8, 4) is 0 Å². The molecular weight excluding hydrogens is 437 g/mol. The van der Waals surface area contributed by atoms with Crippen molar-refractivity contribution in [2.24, 2.45) is 0 Å². The van der Waals surface area contributed by atoms with Crippen LogP contribution < -0.4 is 20.9 Å². The summed E-state index contributed by atoms with van der Waals surface area (Å²) in [5.74, 6) is 0.942. The minimum absolute atomic E-state index is 0.0389. The highest BCUT2D eigenvalue weighted by Crippen LogP contribution is 2.20. The normalized spacial score (nSPS) is 10.6. The van der Waals surface area contributed by atoms with Crippen LogP contribution in [0.4, 0.5) is 39.2 Å². The Balaban J connectivity index is 1.39. The minimum atomic E-state index is -0.419. The molecule has 4 aromatic rings. The fourth-order valence-electron chi connectivity index (χ4n) is 3.14. The van der Waals surface area contributed by atoms with Crippen LogP contribution in [0.25, 0.3) is 0 Å². The number of nitrogens with one attached hydrogen (secondary N) is 4. The lowest BCUT2D eigenvalue weighted by molar-refractivity contribution is -0.115. The molecule has 0 spiro atoms. The minimum Gasteiger partial charge on any atom is -0.378 e. The van der Waals surface area contributed by atoms with E-state index in [2.05, 4.69) is 41.1 Å². The molecule has 4 rings (SSSR count). The second-order valence-electron chi connectivity index (χ2n) is 7.73. The Bertz CT molecular complexity index is 1290. The summed E-state index contributed by atoms with van der Waals surface area (Å²) in [4.78, 5) is 27.3. The lowest BCUT2D eigenvalue weighted by Gasteiger charge is -2.13. The van der Waals surface area contributed by atoms with Gasteiger partial charge in [0, 0.05) is 42.9 Å². The highest BCUT2D eigenvalue weighted by Gasteiger charge is 2.11. The van der Waals surface area contributed by atoms with Crippen LogP contribution in [0, 0.1) is 12.7 Å². The summed E-state index contributed by atoms with van der Waals surface area (Å²) < 4.78 is 13.3. The molecule has 34 heavy (non-hydrogen) atoms. The molecule has 0 aliphatic rings. The van der Waals surface area contributed by atoms with Crippen molar-refractivity contribution in [3.05, 3.63) is 71.9 Å². The number of amides is 1. The topological polar surface area (TPSA) is 124 Å². The molecule has 1 amide bonds. The smallest absolute Gasteiger partial charge is 0.233 e. The van der Waals surface area contributed by atoms with E-state index in [1.807, 2.05) is 43.3 Å². The number of H-pyrrole nitrogens is 1. The summed E-state index contributed by atoms with van der Waals surface area (Å²) in [6.45, 7) is 1.76. The number of halogens is 1. The molecule has 0 aliphatic carbocycles. The van der Waals surface area contributed by atoms with Gasteiger partial charge >= 0.3 is 0 Å². The van der Waals surface area contributed by atoms with Gasteiger partial charge in [-0.1, -0.05) is 6.07 Å². The van der Waals surface area contributed by atoms with Gasteiger partial charge in [-0.3, -0.25) is 9.89 Å². The maximum absolute atomic E-state index is 13.3. The average Bonchev–Trinajstić information content (AvgIpc) is 3.20. The maximum Gasteiger partial charge on any atom is 0.233 e. The Morgan fingerprint density at radius 3 is 2.41 bits per heavy atom. The summed E-state index contributed by atoms with van der Waals surface area (Å²) >= 11 is 0. The Hall–Kier alpha value is -4.54. The number of anilines is 6. The largest absolute Gasteiger partial charge is 0.378 e. The quantitative estimate of drug-likeness (QED) is 0.313. The van der Waals surface area contributed by atoms with Crippen LogP contribution in [0.1, 0.15) is 11.5 Å². The molecular formula is C23H24FN9O. The van der Waals surface area contributed by atoms with E-state index in [1.165, 1.54) is 18.2 Å². The summed E-state index contributed by atoms with van der Waals surface area (Å²) in [5.41, 5.74) is 2.88. The first kappa shape index (κ1) is 22.6. The van der Waals surface area contributed by atoms with E-state index in [9.17, 15) is 9.18 Å². The van der Waals surface area contributed by atoms with Crippen molar-refractivity contribution in [1.29, 1.82) is 0 Å². The molecule has 0 bridgehead atoms. The Kier molecular flexibility index (Phi) is 6.62. The second-order valence-corrected chi connectivity index (χ2v) is 7.73. The lowest BCUT2D eigenvalue weighted by Crippen LogP contribution is -2.14. The standard InChI is InChI=1S/C23H24FN9O/c1-14-25-22(28-16-7-9-19(10-8-16)33(2)3)30-23(26-14)29-20-12-18(31-32-20)13-21(34)27-17-6-4-5-15(24)11-17/h4-12H,13H2,1-3H3,(H,27,34)(H3,25,26,28,29,30,31,32). The molecule has 0 saturated carbocycles. The van der Waals surface area contributed by atoms with Crippen molar-refractivity contribution in [3.63, 3.8) is 0 Å². The predicted molar refractivity (Wildman–Crippen MR) is 129 cm³/mol. The first-order valence-electron chi connectivity index (χ1n) is 10.5. The van der Waals surface area contributed by atoms with Crippen LogP contribution in [0.5, 0.6) is 0 Å². The molecule has 10 nitrogen and oxygen atoms in total. The summed E-state index contributed by atoms with van der Waals surface area (Å²) in [6.07, 6.45) is 0.0389. The third kappa shape index (κ3) is 6.03. The van der Waals surface area contributed by atoms with E-state index in [1.54, 1.807) is 19.1 Å². The Labute approximate surface area is 195 Å². The van der Waals surface area contributed by atoms with E-state index < -0.39 is 5.82 Å². The number of rotatable bonds is 8. The molecule has 2 aromatic carbocycles. The lowest BCUT2D eigenvalue weighted by atomic mass is 10.2. The van der Waals surface area contributed by atoms with E-state index in [0.717, 1.165) is 11.4 Å². The summed E-state index contributed by atoms with van der Waals surface area (Å²) in [5, 5.41) is 15.8. The predicted octanol–water partition coefficient (Wildman–Crippen LogP) is 3.78. The average molecular weight is 462 g/mol. The first-order chi connectivity index (χ1) is 16.3. The number of benzene rings is 2. The molecule has 0 aliphatic heterocycles. The number of hydrogen-bond acceptors (Lipinski definition) is 8. The zero-order chi connectivity index (χ0) is 24.1. The van der Waals surface area contributed by atoms with Gasteiger partial charge in [0.25, 0.3) is 0 Å². The van der Waals surface area contributed by atoms with Gasteiger partial charge in [0.1, 0.15) is 11.6 Å². The van der Waals surface area contributed by atoms with Crippen molar-refractivity contribution >= 4 is 40.7 Å². The van der Waals surface area contributed by atoms with E-state index in [0.29, 0.717) is 34.9 Å². The molecule has 0 unspecified atom stereocenters. The molecule has 11 heteroatoms. The number of aromatic amines is 1. The molecule has 2 heterocycles. The number of nitrogens with zero attached hydrogens (tertiary/aromatic N) is 5. The van der Waals surface area contributed by atoms with Gasteiger partial charge in [-0.15, -0.1) is 0 Å². The molecule has 0 radical (unpaired) electrons. The number of aryl methyl sites for hydroxylation is 1. The highest BCUT2D eigenvalue weighted by molar-refractivity contribution is 5.92. The number of carbonyl (C=O) groups excluding carboxylic acids is 1. The zero-order valence-corrected chi connectivity index (χ0v) is 18.9. The highest BCUT2D eigenvalue weighted by atomic mass is 19.1. The van der Waals surface area contributed by atoms with Gasteiger partial charge in [0.15, 0.2) is 5.82 Å². The SMILES string of the molecule is Cc1nc(Nc2ccc(N(C)C)cc2)nc(Nc2cc(CC(=O)Nc3cccc(F)c3)[nH]n2)n1. The summed E-state index contributed by atoms with van der Waals surface area (Å²) in [6, 6.07) is 15.3. The van der Waals surface area contributed by atoms with Crippen LogP contribution in [0.15, 0.2) is 54.6 Å². The van der Waals surface area contributed by atoms with Crippen LogP contribution in [0.3, 0.4) is 0 Å². The Morgan fingerprint density at radius 2 is 1.71 bits per heavy atom. The van der Waals surface area contributed by atoms with Crippen LogP contribution in [-0.2, 0) is 11.2 Å². The van der Waals surface area contributed by atoms with Gasteiger partial charge < -0.3 is 20.9 Å². The van der Waals surface area contributed by atoms with E-state index in [4.69, 9.17) is 0 Å². The van der Waals surface area contributed by atoms with Gasteiger partial charge in [0.05, 0.1) is 6.42 Å². The van der Waals surface area contributed by atoms with Gasteiger partial charge in [-0.05, 0) is 49.4 Å². The van der Waals surface area contributed by atoms with Crippen molar-refractivity contribution in [2.45, 2.75) is 13.3 Å². The van der Waals surface area contributed by atoms with Crippen molar-refractivity contribution < 1.29 is 9.18 Å². The van der Waals surface area contributed by atoms with Gasteiger partial charge in [-0.2, -0.15) is 20.1 Å². The third-order valence-corrected chi connectivity index (χ3v) is 4.72. The van der Waals surface area contributed by atoms with Crippen LogP contribution in [0.2, 0.25) is 0 Å². The monoisotopic (exact) mass is 461 g/mol. The number of aromatic nitrogens is 5. The fraction of sp³-hybridized carbons (Fsp3) is 0.174. The first-order valence-corrected chi connectivity index (χ1v) is 10.5. The number of hydrogen-bond donors (Lipinski definition) is 4. The molecule has 0 fully saturated rings. The van der Waals surface area contributed by atoms with Crippen LogP contribution >= 0.6 is 0 Å². The fourth-order valence-corrected chi connectivity index (χ4v) is 3.14. The van der Waals surface area contributed by atoms with Gasteiger partial charge in [0.2, 0.25) is 17.8 Å². The van der Waals surface area contributed by atoms with Gasteiger partial charge in [-0.25, -0.2) is 4.39 Å². The molecule has 2 aromatic heterocycles. The Morgan fingerprint density at radius 1 is 0.971 bits per heavy atom. The summed E-state index contributed by atoms with van der Waals surface area (Å²) in [7, 11) is 3.96. The maximum atomic E-state index is 13.3. The molecule has 174 valence electrons. The molecule has 0 atom stereocenters. The second kappa shape index (κ2) is 9.94. The third-order valence-electron chi connectivity index (χ3n) is 4.72. The van der Waals surface area contributed by atoms with E-state index in [-0.39, 0.29) is 12.3 Å². The van der Waals surface area contributed by atoms with E-state index >= 15 is 0 Å². The molecule has 4 N–H and O–H groups in total. The number of carbonyl (C=O) groups is 1. The zero-order valence-electron chi connectivity index (χ0n) is 18.9. The van der Waals surface area contributed by atoms with Crippen molar-refractivity contribution in [1.82, 2.24) is 25.1 Å². The molecule has 0 saturated heterocycles.